The fourth-order valence-corrected chi connectivity index (χ4v) is 6.30. The zero-order chi connectivity index (χ0) is 28.1. The standard InChI is InChI=1S/C31H35N5O4/c32-17-9-16-31(40)15-8-7-14-26(31)36-22-33-27(28(36)24-12-5-2-6-13-24)29(37)35-19-18-34(30(38)39)21-25(35)20-23-10-3-1-4-11-23/h1-6,10-13,22,25-26,40H,7-9,14-16,18-21H2,(H,38,39)/t25-,26?,31?/m1/s1. The van der Waals surface area contributed by atoms with Crippen LogP contribution in [0.1, 0.15) is 60.6 Å². The molecule has 1 aliphatic heterocycles. The molecule has 1 aliphatic carbocycles. The number of benzene rings is 2. The van der Waals surface area contributed by atoms with Gasteiger partial charge in [-0.25, -0.2) is 9.78 Å². The Morgan fingerprint density at radius 2 is 1.77 bits per heavy atom. The quantitative estimate of drug-likeness (QED) is 0.445. The van der Waals surface area contributed by atoms with Crippen LogP contribution in [0.5, 0.6) is 0 Å². The summed E-state index contributed by atoms with van der Waals surface area (Å²) in [6, 6.07) is 20.9. The number of hydrogen-bond donors (Lipinski definition) is 2. The molecule has 40 heavy (non-hydrogen) atoms. The minimum atomic E-state index is -1.07. The van der Waals surface area contributed by atoms with Crippen LogP contribution >= 0.6 is 0 Å². The highest BCUT2D eigenvalue weighted by atomic mass is 16.4. The zero-order valence-corrected chi connectivity index (χ0v) is 22.5. The molecule has 2 aliphatic rings. The number of hydrogen-bond acceptors (Lipinski definition) is 5. The molecule has 3 aromatic rings. The second-order valence-electron chi connectivity index (χ2n) is 10.8. The molecule has 3 atom stereocenters. The first kappa shape index (κ1) is 27.4. The van der Waals surface area contributed by atoms with Gasteiger partial charge in [-0.05, 0) is 31.2 Å². The van der Waals surface area contributed by atoms with Gasteiger partial charge in [0.25, 0.3) is 5.91 Å². The van der Waals surface area contributed by atoms with Crippen molar-refractivity contribution in [2.24, 2.45) is 0 Å². The number of amides is 2. The lowest BCUT2D eigenvalue weighted by Gasteiger charge is -2.41. The van der Waals surface area contributed by atoms with E-state index in [1.807, 2.05) is 65.2 Å². The monoisotopic (exact) mass is 541 g/mol. The smallest absolute Gasteiger partial charge is 0.407 e. The van der Waals surface area contributed by atoms with Crippen LogP contribution in [0.15, 0.2) is 67.0 Å². The van der Waals surface area contributed by atoms with Crippen molar-refractivity contribution in [3.8, 4) is 17.3 Å². The van der Waals surface area contributed by atoms with Crippen LogP contribution in [-0.2, 0) is 6.42 Å². The normalized spacial score (nSPS) is 23.0. The van der Waals surface area contributed by atoms with Gasteiger partial charge in [0.2, 0.25) is 0 Å². The summed E-state index contributed by atoms with van der Waals surface area (Å²) in [5.74, 6) is -0.250. The third-order valence-electron chi connectivity index (χ3n) is 8.33. The Bertz CT molecular complexity index is 1370. The fraction of sp³-hybridized carbons (Fsp3) is 0.419. The van der Waals surface area contributed by atoms with Crippen molar-refractivity contribution in [1.29, 1.82) is 5.26 Å². The minimum absolute atomic E-state index is 0.216. The molecule has 1 saturated carbocycles. The van der Waals surface area contributed by atoms with Crippen molar-refractivity contribution in [2.75, 3.05) is 19.6 Å². The maximum Gasteiger partial charge on any atom is 0.407 e. The van der Waals surface area contributed by atoms with Crippen molar-refractivity contribution in [3.05, 3.63) is 78.2 Å². The molecule has 1 aromatic heterocycles. The number of carbonyl (C=O) groups is 2. The Labute approximate surface area is 234 Å². The van der Waals surface area contributed by atoms with Gasteiger partial charge in [0.15, 0.2) is 5.69 Å². The zero-order valence-electron chi connectivity index (χ0n) is 22.5. The van der Waals surface area contributed by atoms with Gasteiger partial charge >= 0.3 is 6.09 Å². The molecule has 0 spiro atoms. The summed E-state index contributed by atoms with van der Waals surface area (Å²) in [4.78, 5) is 33.9. The van der Waals surface area contributed by atoms with Crippen LogP contribution in [0.4, 0.5) is 4.79 Å². The largest absolute Gasteiger partial charge is 0.465 e. The van der Waals surface area contributed by atoms with Crippen LogP contribution in [-0.4, -0.2) is 72.8 Å². The number of imidazole rings is 1. The van der Waals surface area contributed by atoms with E-state index in [2.05, 4.69) is 11.1 Å². The Kier molecular flexibility index (Phi) is 8.17. The molecule has 9 heteroatoms. The van der Waals surface area contributed by atoms with Crippen molar-refractivity contribution in [1.82, 2.24) is 19.4 Å². The molecule has 2 fully saturated rings. The van der Waals surface area contributed by atoms with Gasteiger partial charge in [0.05, 0.1) is 35.8 Å². The summed E-state index contributed by atoms with van der Waals surface area (Å²) < 4.78 is 1.94. The Hall–Kier alpha value is -4.16. The molecule has 2 heterocycles. The number of nitrogens with zero attached hydrogens (tertiary/aromatic N) is 5. The van der Waals surface area contributed by atoms with E-state index in [4.69, 9.17) is 0 Å². The summed E-state index contributed by atoms with van der Waals surface area (Å²) in [6.07, 6.45) is 4.93. The van der Waals surface area contributed by atoms with E-state index >= 15 is 0 Å². The first-order valence-electron chi connectivity index (χ1n) is 14.0. The summed E-state index contributed by atoms with van der Waals surface area (Å²) in [5, 5.41) is 30.6. The lowest BCUT2D eigenvalue weighted by atomic mass is 9.77. The number of aromatic nitrogens is 2. The third kappa shape index (κ3) is 5.58. The molecular formula is C31H35N5O4. The van der Waals surface area contributed by atoms with E-state index in [0.717, 1.165) is 30.4 Å². The van der Waals surface area contributed by atoms with Crippen LogP contribution in [0.2, 0.25) is 0 Å². The van der Waals surface area contributed by atoms with Gasteiger partial charge < -0.3 is 24.6 Å². The Balaban J connectivity index is 1.54. The van der Waals surface area contributed by atoms with E-state index < -0.39 is 11.7 Å². The minimum Gasteiger partial charge on any atom is -0.465 e. The van der Waals surface area contributed by atoms with Crippen molar-refractivity contribution in [2.45, 2.75) is 62.6 Å². The Morgan fingerprint density at radius 1 is 1.05 bits per heavy atom. The van der Waals surface area contributed by atoms with Crippen molar-refractivity contribution < 1.29 is 19.8 Å². The summed E-state index contributed by atoms with van der Waals surface area (Å²) in [7, 11) is 0. The van der Waals surface area contributed by atoms with Crippen LogP contribution in [0.25, 0.3) is 11.3 Å². The topological polar surface area (TPSA) is 123 Å². The molecule has 0 radical (unpaired) electrons. The Morgan fingerprint density at radius 3 is 2.48 bits per heavy atom. The molecule has 208 valence electrons. The molecule has 2 aromatic carbocycles. The maximum atomic E-state index is 14.3. The first-order valence-corrected chi connectivity index (χ1v) is 14.0. The second kappa shape index (κ2) is 11.9. The molecule has 0 bridgehead atoms. The lowest BCUT2D eigenvalue weighted by Crippen LogP contribution is -2.57. The highest BCUT2D eigenvalue weighted by Gasteiger charge is 2.42. The van der Waals surface area contributed by atoms with Gasteiger partial charge in [-0.15, -0.1) is 0 Å². The predicted molar refractivity (Wildman–Crippen MR) is 150 cm³/mol. The average molecular weight is 542 g/mol. The number of carboxylic acid groups (broad SMARTS) is 1. The van der Waals surface area contributed by atoms with Crippen LogP contribution in [0.3, 0.4) is 0 Å². The summed E-state index contributed by atoms with van der Waals surface area (Å²) in [5.41, 5.74) is 1.71. The van der Waals surface area contributed by atoms with E-state index in [1.54, 1.807) is 11.2 Å². The second-order valence-corrected chi connectivity index (χ2v) is 10.8. The molecule has 5 rings (SSSR count). The predicted octanol–water partition coefficient (Wildman–Crippen LogP) is 4.75. The van der Waals surface area contributed by atoms with Gasteiger partial charge in [-0.2, -0.15) is 5.26 Å². The number of nitriles is 1. The van der Waals surface area contributed by atoms with Crippen LogP contribution < -0.4 is 0 Å². The van der Waals surface area contributed by atoms with Gasteiger partial charge in [-0.3, -0.25) is 4.79 Å². The van der Waals surface area contributed by atoms with E-state index in [0.29, 0.717) is 30.7 Å². The van der Waals surface area contributed by atoms with Crippen LogP contribution in [0, 0.1) is 11.3 Å². The fourth-order valence-electron chi connectivity index (χ4n) is 6.30. The van der Waals surface area contributed by atoms with E-state index in [-0.39, 0.29) is 44.0 Å². The first-order chi connectivity index (χ1) is 19.4. The number of rotatable bonds is 7. The van der Waals surface area contributed by atoms with Gasteiger partial charge in [-0.1, -0.05) is 73.5 Å². The number of piperazine rings is 1. The van der Waals surface area contributed by atoms with Crippen molar-refractivity contribution >= 4 is 12.0 Å². The highest BCUT2D eigenvalue weighted by Crippen LogP contribution is 2.43. The lowest BCUT2D eigenvalue weighted by molar-refractivity contribution is -0.0466. The molecule has 1 saturated heterocycles. The molecule has 2 unspecified atom stereocenters. The molecular weight excluding hydrogens is 506 g/mol. The molecule has 2 N–H and O–H groups in total. The third-order valence-corrected chi connectivity index (χ3v) is 8.33. The maximum absolute atomic E-state index is 14.3. The SMILES string of the molecule is N#CCCC1(O)CCCCC1n1cnc(C(=O)N2CCN(C(=O)O)C[C@H]2Cc2ccccc2)c1-c1ccccc1. The van der Waals surface area contributed by atoms with Gasteiger partial charge in [0, 0.05) is 31.6 Å². The average Bonchev–Trinajstić information content (AvgIpc) is 3.42. The van der Waals surface area contributed by atoms with E-state index in [9.17, 15) is 25.1 Å². The summed E-state index contributed by atoms with van der Waals surface area (Å²) >= 11 is 0. The van der Waals surface area contributed by atoms with Gasteiger partial charge in [0.1, 0.15) is 0 Å². The number of carbonyl (C=O) groups excluding carboxylic acids is 1. The highest BCUT2D eigenvalue weighted by molar-refractivity contribution is 5.98. The molecule has 2 amide bonds. The molecule has 9 nitrogen and oxygen atoms in total. The summed E-state index contributed by atoms with van der Waals surface area (Å²) in [6.45, 7) is 0.706. The number of aliphatic hydroxyl groups is 1. The van der Waals surface area contributed by atoms with E-state index in [1.165, 1.54) is 4.90 Å². The van der Waals surface area contributed by atoms with Crippen molar-refractivity contribution in [3.63, 3.8) is 0 Å².